The van der Waals surface area contributed by atoms with E-state index >= 15 is 0 Å². The van der Waals surface area contributed by atoms with E-state index in [2.05, 4.69) is 4.72 Å². The molecular weight excluding hydrogens is 254 g/mol. The van der Waals surface area contributed by atoms with Crippen LogP contribution >= 0.6 is 23.4 Å². The van der Waals surface area contributed by atoms with Gasteiger partial charge in [-0.05, 0) is 24.5 Å². The molecule has 90 valence electrons. The summed E-state index contributed by atoms with van der Waals surface area (Å²) in [6.07, 6.45) is 2.06. The van der Waals surface area contributed by atoms with Gasteiger partial charge in [0.2, 0.25) is 10.0 Å². The van der Waals surface area contributed by atoms with Crippen LogP contribution in [-0.2, 0) is 10.0 Å². The lowest BCUT2D eigenvalue weighted by Crippen LogP contribution is -2.40. The van der Waals surface area contributed by atoms with Gasteiger partial charge in [-0.25, -0.2) is 13.1 Å². The highest BCUT2D eigenvalue weighted by Gasteiger charge is 2.21. The van der Waals surface area contributed by atoms with Crippen molar-refractivity contribution in [2.75, 3.05) is 23.1 Å². The Bertz CT molecular complexity index is 276. The minimum absolute atomic E-state index is 0.0143. The van der Waals surface area contributed by atoms with E-state index in [4.69, 9.17) is 11.6 Å². The maximum Gasteiger partial charge on any atom is 0.212 e. The van der Waals surface area contributed by atoms with Gasteiger partial charge in [0.05, 0.1) is 5.75 Å². The zero-order valence-corrected chi connectivity index (χ0v) is 11.3. The number of sulfonamides is 1. The second-order valence-electron chi connectivity index (χ2n) is 4.07. The standard InChI is InChI=1S/C9H18ClNO2S2/c1-8(5-10)7-15(12,13)11-9-3-2-4-14-6-9/h8-9,11H,2-7H2,1H3. The fraction of sp³-hybridized carbons (Fsp3) is 1.00. The number of hydrogen-bond donors (Lipinski definition) is 1. The summed E-state index contributed by atoms with van der Waals surface area (Å²) in [4.78, 5) is 0. The number of hydrogen-bond acceptors (Lipinski definition) is 3. The first-order chi connectivity index (χ1) is 7.03. The van der Waals surface area contributed by atoms with Crippen molar-refractivity contribution in [1.29, 1.82) is 0 Å². The molecule has 0 aliphatic carbocycles. The molecule has 1 aliphatic heterocycles. The number of nitrogens with one attached hydrogen (secondary N) is 1. The third-order valence-electron chi connectivity index (χ3n) is 2.27. The van der Waals surface area contributed by atoms with E-state index in [0.29, 0.717) is 5.88 Å². The summed E-state index contributed by atoms with van der Waals surface area (Å²) in [5, 5.41) is 0. The molecule has 1 rings (SSSR count). The first-order valence-electron chi connectivity index (χ1n) is 5.17. The number of rotatable bonds is 5. The van der Waals surface area contributed by atoms with Crippen molar-refractivity contribution in [3.05, 3.63) is 0 Å². The maximum absolute atomic E-state index is 11.7. The lowest BCUT2D eigenvalue weighted by molar-refractivity contribution is 0.535. The van der Waals surface area contributed by atoms with E-state index in [0.717, 1.165) is 24.3 Å². The molecule has 0 saturated carbocycles. The number of halogens is 1. The fourth-order valence-electron chi connectivity index (χ4n) is 1.55. The summed E-state index contributed by atoms with van der Waals surface area (Å²) in [5.74, 6) is 2.59. The van der Waals surface area contributed by atoms with Gasteiger partial charge in [-0.3, -0.25) is 0 Å². The minimum Gasteiger partial charge on any atom is -0.212 e. The third-order valence-corrected chi connectivity index (χ3v) is 5.72. The topological polar surface area (TPSA) is 46.2 Å². The molecule has 1 heterocycles. The van der Waals surface area contributed by atoms with Gasteiger partial charge >= 0.3 is 0 Å². The predicted molar refractivity (Wildman–Crippen MR) is 67.2 cm³/mol. The Morgan fingerprint density at radius 1 is 1.60 bits per heavy atom. The molecule has 2 atom stereocenters. The summed E-state index contributed by atoms with van der Waals surface area (Å²) in [7, 11) is -3.14. The van der Waals surface area contributed by atoms with Crippen molar-refractivity contribution < 1.29 is 8.42 Å². The van der Waals surface area contributed by atoms with Gasteiger partial charge in [0.15, 0.2) is 0 Å². The van der Waals surface area contributed by atoms with Crippen LogP contribution in [-0.4, -0.2) is 37.6 Å². The molecule has 1 aliphatic rings. The van der Waals surface area contributed by atoms with Gasteiger partial charge in [-0.2, -0.15) is 11.8 Å². The highest BCUT2D eigenvalue weighted by Crippen LogP contribution is 2.17. The van der Waals surface area contributed by atoms with Crippen molar-refractivity contribution >= 4 is 33.4 Å². The monoisotopic (exact) mass is 271 g/mol. The van der Waals surface area contributed by atoms with Crippen LogP contribution in [0.15, 0.2) is 0 Å². The average Bonchev–Trinajstić information content (AvgIpc) is 2.17. The summed E-state index contributed by atoms with van der Waals surface area (Å²) in [5.41, 5.74) is 0. The Morgan fingerprint density at radius 3 is 2.87 bits per heavy atom. The molecule has 15 heavy (non-hydrogen) atoms. The van der Waals surface area contributed by atoms with E-state index in [1.54, 1.807) is 0 Å². The highest BCUT2D eigenvalue weighted by molar-refractivity contribution is 7.99. The largest absolute Gasteiger partial charge is 0.212 e. The Kier molecular flexibility index (Phi) is 5.74. The fourth-order valence-corrected chi connectivity index (χ4v) is 4.64. The number of alkyl halides is 1. The highest BCUT2D eigenvalue weighted by atomic mass is 35.5. The summed E-state index contributed by atoms with van der Waals surface area (Å²) in [6, 6.07) is 0.122. The van der Waals surface area contributed by atoms with Crippen LogP contribution < -0.4 is 4.72 Å². The van der Waals surface area contributed by atoms with Crippen LogP contribution in [0.4, 0.5) is 0 Å². The lowest BCUT2D eigenvalue weighted by Gasteiger charge is -2.22. The van der Waals surface area contributed by atoms with Crippen LogP contribution in [0.25, 0.3) is 0 Å². The smallest absolute Gasteiger partial charge is 0.212 e. The molecule has 0 spiro atoms. The van der Waals surface area contributed by atoms with Crippen LogP contribution in [0.5, 0.6) is 0 Å². The minimum atomic E-state index is -3.14. The van der Waals surface area contributed by atoms with E-state index in [1.165, 1.54) is 0 Å². The van der Waals surface area contributed by atoms with Crippen LogP contribution in [0, 0.1) is 5.92 Å². The van der Waals surface area contributed by atoms with Crippen molar-refractivity contribution in [3.8, 4) is 0 Å². The van der Waals surface area contributed by atoms with Gasteiger partial charge in [-0.1, -0.05) is 6.92 Å². The molecule has 2 unspecified atom stereocenters. The van der Waals surface area contributed by atoms with Crippen LogP contribution in [0.1, 0.15) is 19.8 Å². The van der Waals surface area contributed by atoms with E-state index in [-0.39, 0.29) is 17.7 Å². The first kappa shape index (κ1) is 13.6. The molecule has 1 saturated heterocycles. The molecule has 0 aromatic heterocycles. The van der Waals surface area contributed by atoms with Gasteiger partial charge in [0.25, 0.3) is 0 Å². The average molecular weight is 272 g/mol. The molecule has 0 aromatic carbocycles. The first-order valence-corrected chi connectivity index (χ1v) is 8.51. The Labute approximate surface area is 101 Å². The van der Waals surface area contributed by atoms with Crippen LogP contribution in [0.2, 0.25) is 0 Å². The third kappa shape index (κ3) is 5.43. The molecule has 0 bridgehead atoms. The van der Waals surface area contributed by atoms with E-state index in [1.807, 2.05) is 18.7 Å². The quantitative estimate of drug-likeness (QED) is 0.774. The zero-order chi connectivity index (χ0) is 11.3. The summed E-state index contributed by atoms with van der Waals surface area (Å²) in [6.45, 7) is 1.85. The number of thioether (sulfide) groups is 1. The molecule has 0 radical (unpaired) electrons. The predicted octanol–water partition coefficient (Wildman–Crippen LogP) is 1.68. The molecule has 1 N–H and O–H groups in total. The van der Waals surface area contributed by atoms with Crippen molar-refractivity contribution in [2.24, 2.45) is 5.92 Å². The van der Waals surface area contributed by atoms with E-state index < -0.39 is 10.0 Å². The van der Waals surface area contributed by atoms with Crippen molar-refractivity contribution in [1.82, 2.24) is 4.72 Å². The van der Waals surface area contributed by atoms with Gasteiger partial charge < -0.3 is 0 Å². The molecule has 1 fully saturated rings. The Morgan fingerprint density at radius 2 is 2.33 bits per heavy atom. The maximum atomic E-state index is 11.7. The van der Waals surface area contributed by atoms with E-state index in [9.17, 15) is 8.42 Å². The lowest BCUT2D eigenvalue weighted by atomic mass is 10.2. The van der Waals surface area contributed by atoms with Gasteiger partial charge in [0, 0.05) is 17.7 Å². The Hall–Kier alpha value is 0.550. The summed E-state index contributed by atoms with van der Waals surface area (Å²) < 4.78 is 26.1. The SMILES string of the molecule is CC(CCl)CS(=O)(=O)NC1CCCSC1. The molecule has 0 amide bonds. The van der Waals surface area contributed by atoms with Crippen molar-refractivity contribution in [3.63, 3.8) is 0 Å². The van der Waals surface area contributed by atoms with Gasteiger partial charge in [-0.15, -0.1) is 11.6 Å². The Balaban J connectivity index is 2.40. The second-order valence-corrected chi connectivity index (χ2v) is 7.33. The zero-order valence-electron chi connectivity index (χ0n) is 8.91. The molecule has 0 aromatic rings. The molecule has 6 heteroatoms. The normalized spacial score (nSPS) is 25.1. The second kappa shape index (κ2) is 6.33. The van der Waals surface area contributed by atoms with Gasteiger partial charge in [0.1, 0.15) is 0 Å². The van der Waals surface area contributed by atoms with Crippen LogP contribution in [0.3, 0.4) is 0 Å². The molecular formula is C9H18ClNO2S2. The molecule has 3 nitrogen and oxygen atoms in total. The summed E-state index contributed by atoms with van der Waals surface area (Å²) >= 11 is 7.42. The van der Waals surface area contributed by atoms with Crippen molar-refractivity contribution in [2.45, 2.75) is 25.8 Å².